The molecular weight excluding hydrogens is 436 g/mol. The van der Waals surface area contributed by atoms with E-state index in [9.17, 15) is 0 Å². The fourth-order valence-electron chi connectivity index (χ4n) is 5.10. The maximum absolute atomic E-state index is 5.14. The van der Waals surface area contributed by atoms with Crippen LogP contribution >= 0.6 is 11.8 Å². The molecule has 174 valence electrons. The maximum Gasteiger partial charge on any atom is 0.174 e. The molecule has 0 spiro atoms. The van der Waals surface area contributed by atoms with Gasteiger partial charge in [0.1, 0.15) is 5.54 Å². The van der Waals surface area contributed by atoms with Crippen molar-refractivity contribution in [2.24, 2.45) is 4.99 Å². The Kier molecular flexibility index (Phi) is 5.90. The van der Waals surface area contributed by atoms with Crippen LogP contribution in [-0.2, 0) is 5.54 Å². The predicted octanol–water partition coefficient (Wildman–Crippen LogP) is 6.72. The van der Waals surface area contributed by atoms with Gasteiger partial charge in [0.25, 0.3) is 0 Å². The average Bonchev–Trinajstić information content (AvgIpc) is 3.32. The number of amidine groups is 1. The summed E-state index contributed by atoms with van der Waals surface area (Å²) < 4.78 is 0. The second kappa shape index (κ2) is 8.88. The lowest BCUT2D eigenvalue weighted by Gasteiger charge is -2.46. The van der Waals surface area contributed by atoms with Crippen LogP contribution in [0.5, 0.6) is 0 Å². The molecule has 5 rings (SSSR count). The minimum absolute atomic E-state index is 0.493. The van der Waals surface area contributed by atoms with E-state index in [1.807, 2.05) is 0 Å². The summed E-state index contributed by atoms with van der Waals surface area (Å²) in [6, 6.07) is 24.8. The third kappa shape index (κ3) is 3.50. The molecule has 2 heterocycles. The monoisotopic (exact) mass is 468 g/mol. The molecule has 0 amide bonds. The minimum atomic E-state index is -0.493. The van der Waals surface area contributed by atoms with Gasteiger partial charge < -0.3 is 14.7 Å². The lowest BCUT2D eigenvalue weighted by atomic mass is 9.74. The largest absolute Gasteiger partial charge is 0.378 e. The second-order valence-electron chi connectivity index (χ2n) is 9.06. The molecule has 1 unspecified atom stereocenters. The predicted molar refractivity (Wildman–Crippen MR) is 147 cm³/mol. The van der Waals surface area contributed by atoms with Crippen molar-refractivity contribution < 1.29 is 0 Å². The molecule has 0 radical (unpaired) electrons. The van der Waals surface area contributed by atoms with E-state index < -0.39 is 5.54 Å². The molecule has 0 aromatic heterocycles. The van der Waals surface area contributed by atoms with Crippen LogP contribution in [0.3, 0.4) is 0 Å². The number of aliphatic imine (C=N–C) groups is 1. The Bertz CT molecular complexity index is 1240. The first-order chi connectivity index (χ1) is 16.5. The SMILES string of the molecule is CCN(CC)c1ccc2c(c1)N=C1SC=CN1C2(c1ccc(C)cc1)c1ccc(N(C)C)cc1. The van der Waals surface area contributed by atoms with E-state index in [0.717, 1.165) is 23.9 Å². The fraction of sp³-hybridized carbons (Fsp3) is 0.276. The highest BCUT2D eigenvalue weighted by Gasteiger charge is 2.48. The number of hydrogen-bond donors (Lipinski definition) is 0. The molecule has 0 aliphatic carbocycles. The number of nitrogens with zero attached hydrogens (tertiary/aromatic N) is 4. The molecule has 1 atom stereocenters. The number of anilines is 2. The van der Waals surface area contributed by atoms with Gasteiger partial charge in [-0.1, -0.05) is 59.8 Å². The van der Waals surface area contributed by atoms with Crippen LogP contribution < -0.4 is 9.80 Å². The van der Waals surface area contributed by atoms with Crippen molar-refractivity contribution in [3.8, 4) is 0 Å². The van der Waals surface area contributed by atoms with Crippen LogP contribution in [-0.4, -0.2) is 37.3 Å². The van der Waals surface area contributed by atoms with Gasteiger partial charge in [0.15, 0.2) is 5.17 Å². The fourth-order valence-corrected chi connectivity index (χ4v) is 5.86. The first-order valence-electron chi connectivity index (χ1n) is 11.9. The first kappa shape index (κ1) is 22.6. The Morgan fingerprint density at radius 3 is 2.09 bits per heavy atom. The summed E-state index contributed by atoms with van der Waals surface area (Å²) in [6.45, 7) is 8.51. The summed E-state index contributed by atoms with van der Waals surface area (Å²) in [5, 5.41) is 3.16. The molecule has 5 heteroatoms. The summed E-state index contributed by atoms with van der Waals surface area (Å²) in [5.74, 6) is 0. The zero-order chi connectivity index (χ0) is 23.9. The van der Waals surface area contributed by atoms with Gasteiger partial charge in [0, 0.05) is 50.3 Å². The van der Waals surface area contributed by atoms with Crippen molar-refractivity contribution in [2.75, 3.05) is 37.0 Å². The van der Waals surface area contributed by atoms with Crippen LogP contribution in [0.25, 0.3) is 0 Å². The molecule has 0 saturated carbocycles. The van der Waals surface area contributed by atoms with Gasteiger partial charge in [0.2, 0.25) is 0 Å². The standard InChI is InChI=1S/C29H32N4S/c1-6-32(7-2)25-16-17-26-27(20-25)30-28-33(18-19-34-28)29(26,22-10-8-21(3)9-11-22)23-12-14-24(15-13-23)31(4)5/h8-20H,6-7H2,1-5H3. The summed E-state index contributed by atoms with van der Waals surface area (Å²) in [4.78, 5) is 12.0. The second-order valence-corrected chi connectivity index (χ2v) is 9.93. The number of aryl methyl sites for hydroxylation is 1. The summed E-state index contributed by atoms with van der Waals surface area (Å²) in [7, 11) is 4.17. The molecule has 2 aliphatic heterocycles. The van der Waals surface area contributed by atoms with E-state index in [0.29, 0.717) is 0 Å². The van der Waals surface area contributed by atoms with Gasteiger partial charge in [0.05, 0.1) is 5.69 Å². The van der Waals surface area contributed by atoms with Crippen molar-refractivity contribution in [1.29, 1.82) is 0 Å². The van der Waals surface area contributed by atoms with Gasteiger partial charge in [-0.25, -0.2) is 4.99 Å². The van der Waals surface area contributed by atoms with Crippen LogP contribution in [0.1, 0.15) is 36.1 Å². The Labute approximate surface area is 207 Å². The topological polar surface area (TPSA) is 22.1 Å². The highest BCUT2D eigenvalue weighted by Crippen LogP contribution is 2.52. The van der Waals surface area contributed by atoms with E-state index in [-0.39, 0.29) is 0 Å². The summed E-state index contributed by atoms with van der Waals surface area (Å²) in [5.41, 5.74) is 7.91. The Morgan fingerprint density at radius 1 is 0.853 bits per heavy atom. The quantitative estimate of drug-likeness (QED) is 0.400. The van der Waals surface area contributed by atoms with Crippen LogP contribution in [0.15, 0.2) is 83.3 Å². The smallest absolute Gasteiger partial charge is 0.174 e. The lowest BCUT2D eigenvalue weighted by molar-refractivity contribution is 0.353. The molecule has 3 aromatic rings. The van der Waals surface area contributed by atoms with Gasteiger partial charge in [-0.05, 0) is 61.6 Å². The molecule has 0 bridgehead atoms. The average molecular weight is 469 g/mol. The van der Waals surface area contributed by atoms with Crippen molar-refractivity contribution in [3.05, 3.63) is 101 Å². The van der Waals surface area contributed by atoms with Gasteiger partial charge in [-0.3, -0.25) is 0 Å². The minimum Gasteiger partial charge on any atom is -0.378 e. The molecule has 34 heavy (non-hydrogen) atoms. The van der Waals surface area contributed by atoms with Gasteiger partial charge in [-0.2, -0.15) is 0 Å². The third-order valence-corrected chi connectivity index (χ3v) is 7.69. The zero-order valence-corrected chi connectivity index (χ0v) is 21.4. The van der Waals surface area contributed by atoms with Crippen molar-refractivity contribution >= 4 is 34.0 Å². The summed E-state index contributed by atoms with van der Waals surface area (Å²) in [6.07, 6.45) is 2.18. The van der Waals surface area contributed by atoms with E-state index in [2.05, 4.69) is 128 Å². The number of rotatable bonds is 6. The third-order valence-electron chi connectivity index (χ3n) is 6.94. The Balaban J connectivity index is 1.81. The maximum atomic E-state index is 5.14. The zero-order valence-electron chi connectivity index (χ0n) is 20.6. The van der Waals surface area contributed by atoms with Gasteiger partial charge in [-0.15, -0.1) is 0 Å². The molecular formula is C29H32N4S. The molecule has 4 nitrogen and oxygen atoms in total. The first-order valence-corrected chi connectivity index (χ1v) is 12.8. The van der Waals surface area contributed by atoms with Crippen molar-refractivity contribution in [1.82, 2.24) is 4.90 Å². The van der Waals surface area contributed by atoms with Crippen molar-refractivity contribution in [2.45, 2.75) is 26.3 Å². The molecule has 0 fully saturated rings. The molecule has 3 aromatic carbocycles. The van der Waals surface area contributed by atoms with Crippen LogP contribution in [0.4, 0.5) is 17.1 Å². The van der Waals surface area contributed by atoms with E-state index in [1.54, 1.807) is 11.8 Å². The van der Waals surface area contributed by atoms with Crippen LogP contribution in [0, 0.1) is 6.92 Å². The summed E-state index contributed by atoms with van der Waals surface area (Å²) >= 11 is 1.69. The van der Waals surface area contributed by atoms with Gasteiger partial charge >= 0.3 is 0 Å². The van der Waals surface area contributed by atoms with E-state index in [1.165, 1.54) is 33.6 Å². The van der Waals surface area contributed by atoms with E-state index >= 15 is 0 Å². The number of fused-ring (bicyclic) bond motifs is 2. The number of thioether (sulfide) groups is 1. The van der Waals surface area contributed by atoms with Crippen LogP contribution in [0.2, 0.25) is 0 Å². The molecule has 0 N–H and O–H groups in total. The highest BCUT2D eigenvalue weighted by molar-refractivity contribution is 8.16. The molecule has 0 saturated heterocycles. The number of hydrogen-bond acceptors (Lipinski definition) is 5. The number of benzene rings is 3. The molecule has 2 aliphatic rings. The normalized spacial score (nSPS) is 18.4. The lowest BCUT2D eigenvalue weighted by Crippen LogP contribution is -2.48. The Morgan fingerprint density at radius 2 is 1.47 bits per heavy atom. The Hall–Kier alpha value is -3.18. The van der Waals surface area contributed by atoms with E-state index in [4.69, 9.17) is 4.99 Å². The van der Waals surface area contributed by atoms with Crippen molar-refractivity contribution in [3.63, 3.8) is 0 Å². The highest BCUT2D eigenvalue weighted by atomic mass is 32.2.